The van der Waals surface area contributed by atoms with E-state index in [1.807, 2.05) is 19.1 Å². The molecule has 0 amide bonds. The summed E-state index contributed by atoms with van der Waals surface area (Å²) in [5.41, 5.74) is 2.64. The molecule has 1 aliphatic heterocycles. The maximum atomic E-state index is 12.8. The zero-order valence-electron chi connectivity index (χ0n) is 12.4. The molecule has 2 aromatic carbocycles. The summed E-state index contributed by atoms with van der Waals surface area (Å²) in [6.45, 7) is 1.96. The van der Waals surface area contributed by atoms with E-state index in [2.05, 4.69) is 0 Å². The van der Waals surface area contributed by atoms with E-state index < -0.39 is 16.8 Å². The molecule has 0 bridgehead atoms. The van der Waals surface area contributed by atoms with E-state index in [1.54, 1.807) is 25.3 Å². The SMILES string of the molecule is CCc1cc(C(=O)O)c2c(c1)S(=O)c1ccc(OC)cc1C2. The van der Waals surface area contributed by atoms with Crippen LogP contribution in [0, 0.1) is 0 Å². The van der Waals surface area contributed by atoms with E-state index in [1.165, 1.54) is 0 Å². The molecule has 0 aliphatic carbocycles. The van der Waals surface area contributed by atoms with Crippen LogP contribution in [0.5, 0.6) is 5.75 Å². The molecule has 0 aromatic heterocycles. The highest BCUT2D eigenvalue weighted by molar-refractivity contribution is 7.85. The molecule has 1 heterocycles. The molecular formula is C17H16O4S. The van der Waals surface area contributed by atoms with Gasteiger partial charge < -0.3 is 9.84 Å². The minimum Gasteiger partial charge on any atom is -0.497 e. The summed E-state index contributed by atoms with van der Waals surface area (Å²) in [4.78, 5) is 12.9. The minimum absolute atomic E-state index is 0.246. The van der Waals surface area contributed by atoms with E-state index in [0.29, 0.717) is 29.1 Å². The number of aryl methyl sites for hydroxylation is 1. The van der Waals surface area contributed by atoms with Gasteiger partial charge in [0.1, 0.15) is 5.75 Å². The number of hydrogen-bond acceptors (Lipinski definition) is 3. The molecule has 0 fully saturated rings. The summed E-state index contributed by atoms with van der Waals surface area (Å²) in [6.07, 6.45) is 1.17. The fourth-order valence-electron chi connectivity index (χ4n) is 2.76. The molecule has 0 saturated heterocycles. The van der Waals surface area contributed by atoms with Gasteiger partial charge in [-0.05, 0) is 53.4 Å². The van der Waals surface area contributed by atoms with Crippen molar-refractivity contribution in [2.45, 2.75) is 29.6 Å². The maximum absolute atomic E-state index is 12.8. The van der Waals surface area contributed by atoms with Crippen LogP contribution in [0.25, 0.3) is 0 Å². The van der Waals surface area contributed by atoms with Gasteiger partial charge in [0.05, 0.1) is 23.5 Å². The molecule has 1 atom stereocenters. The van der Waals surface area contributed by atoms with Crippen molar-refractivity contribution in [3.8, 4) is 5.75 Å². The summed E-state index contributed by atoms with van der Waals surface area (Å²) in [5, 5.41) is 9.47. The second kappa shape index (κ2) is 5.57. The van der Waals surface area contributed by atoms with Gasteiger partial charge in [0, 0.05) is 16.2 Å². The van der Waals surface area contributed by atoms with Crippen LogP contribution in [-0.4, -0.2) is 22.4 Å². The Morgan fingerprint density at radius 2 is 2.05 bits per heavy atom. The average Bonchev–Trinajstić information content (AvgIpc) is 2.53. The lowest BCUT2D eigenvalue weighted by Crippen LogP contribution is -2.15. The van der Waals surface area contributed by atoms with Crippen LogP contribution in [-0.2, 0) is 23.6 Å². The first-order chi connectivity index (χ1) is 10.5. The molecule has 1 aliphatic rings. The Bertz CT molecular complexity index is 795. The van der Waals surface area contributed by atoms with Crippen LogP contribution in [0.15, 0.2) is 40.1 Å². The number of carbonyl (C=O) groups is 1. The summed E-state index contributed by atoms with van der Waals surface area (Å²) in [5.74, 6) is -0.295. The zero-order chi connectivity index (χ0) is 15.9. The van der Waals surface area contributed by atoms with E-state index in [9.17, 15) is 14.1 Å². The quantitative estimate of drug-likeness (QED) is 0.807. The predicted molar refractivity (Wildman–Crippen MR) is 83.3 cm³/mol. The van der Waals surface area contributed by atoms with Crippen LogP contribution < -0.4 is 4.74 Å². The number of aromatic carboxylic acids is 1. The van der Waals surface area contributed by atoms with Gasteiger partial charge in [-0.1, -0.05) is 6.92 Å². The second-order valence-corrected chi connectivity index (χ2v) is 6.62. The van der Waals surface area contributed by atoms with Crippen LogP contribution >= 0.6 is 0 Å². The van der Waals surface area contributed by atoms with Gasteiger partial charge in [-0.15, -0.1) is 0 Å². The number of carboxylic acid groups (broad SMARTS) is 1. The highest BCUT2D eigenvalue weighted by Gasteiger charge is 2.27. The third-order valence-electron chi connectivity index (χ3n) is 3.94. The number of hydrogen-bond donors (Lipinski definition) is 1. The monoisotopic (exact) mass is 316 g/mol. The molecule has 1 unspecified atom stereocenters. The van der Waals surface area contributed by atoms with Crippen molar-refractivity contribution in [3.05, 3.63) is 52.6 Å². The number of ether oxygens (including phenoxy) is 1. The fraction of sp³-hybridized carbons (Fsp3) is 0.235. The Balaban J connectivity index is 2.22. The van der Waals surface area contributed by atoms with E-state index >= 15 is 0 Å². The number of benzene rings is 2. The Morgan fingerprint density at radius 1 is 1.27 bits per heavy atom. The smallest absolute Gasteiger partial charge is 0.336 e. The van der Waals surface area contributed by atoms with Gasteiger partial charge in [-0.25, -0.2) is 9.00 Å². The summed E-state index contributed by atoms with van der Waals surface area (Å²) < 4.78 is 18.0. The highest BCUT2D eigenvalue weighted by atomic mass is 32.2. The second-order valence-electron chi connectivity index (χ2n) is 5.20. The van der Waals surface area contributed by atoms with Crippen LogP contribution in [0.3, 0.4) is 0 Å². The average molecular weight is 316 g/mol. The Hall–Kier alpha value is -2.14. The van der Waals surface area contributed by atoms with Crippen molar-refractivity contribution in [2.75, 3.05) is 7.11 Å². The third kappa shape index (κ3) is 2.31. The summed E-state index contributed by atoms with van der Waals surface area (Å²) >= 11 is 0. The van der Waals surface area contributed by atoms with E-state index in [4.69, 9.17) is 4.74 Å². The summed E-state index contributed by atoms with van der Waals surface area (Å²) in [6, 6.07) is 8.96. The highest BCUT2D eigenvalue weighted by Crippen LogP contribution is 2.36. The molecule has 22 heavy (non-hydrogen) atoms. The zero-order valence-corrected chi connectivity index (χ0v) is 13.2. The lowest BCUT2D eigenvalue weighted by molar-refractivity contribution is 0.0695. The maximum Gasteiger partial charge on any atom is 0.336 e. The molecule has 2 aromatic rings. The normalized spacial score (nSPS) is 15.8. The molecular weight excluding hydrogens is 300 g/mol. The van der Waals surface area contributed by atoms with Gasteiger partial charge in [-0.2, -0.15) is 0 Å². The van der Waals surface area contributed by atoms with Gasteiger partial charge in [-0.3, -0.25) is 0 Å². The molecule has 4 nitrogen and oxygen atoms in total. The summed E-state index contributed by atoms with van der Waals surface area (Å²) in [7, 11) is 0.217. The fourth-order valence-corrected chi connectivity index (χ4v) is 4.22. The van der Waals surface area contributed by atoms with Gasteiger partial charge >= 0.3 is 5.97 Å². The first kappa shape index (κ1) is 14.8. The van der Waals surface area contributed by atoms with Gasteiger partial charge in [0.25, 0.3) is 0 Å². The van der Waals surface area contributed by atoms with Crippen LogP contribution in [0.1, 0.15) is 34.0 Å². The standard InChI is InChI=1S/C17H16O4S/c1-3-10-6-14(17(18)19)13-9-11-8-12(21-2)4-5-15(11)22(20)16(13)7-10/h4-8H,3,9H2,1-2H3,(H,18,19). The number of fused-ring (bicyclic) bond motifs is 2. The number of methoxy groups -OCH3 is 1. The van der Waals surface area contributed by atoms with E-state index in [-0.39, 0.29) is 5.56 Å². The van der Waals surface area contributed by atoms with Crippen molar-refractivity contribution in [3.63, 3.8) is 0 Å². The van der Waals surface area contributed by atoms with Crippen molar-refractivity contribution >= 4 is 16.8 Å². The van der Waals surface area contributed by atoms with E-state index in [0.717, 1.165) is 16.0 Å². The van der Waals surface area contributed by atoms with Crippen molar-refractivity contribution in [1.29, 1.82) is 0 Å². The van der Waals surface area contributed by atoms with Crippen LogP contribution in [0.4, 0.5) is 0 Å². The van der Waals surface area contributed by atoms with Crippen molar-refractivity contribution < 1.29 is 18.8 Å². The van der Waals surface area contributed by atoms with Gasteiger partial charge in [0.2, 0.25) is 0 Å². The number of rotatable bonds is 3. The molecule has 1 N–H and O–H groups in total. The minimum atomic E-state index is -1.36. The lowest BCUT2D eigenvalue weighted by atomic mass is 9.96. The Kier molecular flexibility index (Phi) is 3.74. The molecule has 3 rings (SSSR count). The first-order valence-electron chi connectivity index (χ1n) is 7.03. The largest absolute Gasteiger partial charge is 0.497 e. The molecule has 114 valence electrons. The van der Waals surface area contributed by atoms with Crippen molar-refractivity contribution in [1.82, 2.24) is 0 Å². The number of carboxylic acids is 1. The third-order valence-corrected chi connectivity index (χ3v) is 5.50. The van der Waals surface area contributed by atoms with Crippen molar-refractivity contribution in [2.24, 2.45) is 0 Å². The molecule has 0 radical (unpaired) electrons. The Labute approximate surface area is 131 Å². The predicted octanol–water partition coefficient (Wildman–Crippen LogP) is 3.03. The first-order valence-corrected chi connectivity index (χ1v) is 8.18. The molecule has 0 saturated carbocycles. The van der Waals surface area contributed by atoms with Gasteiger partial charge in [0.15, 0.2) is 0 Å². The molecule has 0 spiro atoms. The molecule has 5 heteroatoms. The Morgan fingerprint density at radius 3 is 2.68 bits per heavy atom. The van der Waals surface area contributed by atoms with Crippen LogP contribution in [0.2, 0.25) is 0 Å². The lowest BCUT2D eigenvalue weighted by Gasteiger charge is -2.22. The topological polar surface area (TPSA) is 63.6 Å².